The van der Waals surface area contributed by atoms with Crippen molar-refractivity contribution in [3.63, 3.8) is 0 Å². The van der Waals surface area contributed by atoms with Crippen LogP contribution in [-0.2, 0) is 22.6 Å². The van der Waals surface area contributed by atoms with E-state index in [-0.39, 0.29) is 17.7 Å². The average molecular weight is 431 g/mol. The lowest BCUT2D eigenvalue weighted by molar-refractivity contribution is -0.135. The minimum Gasteiger partial charge on any atom is -0.494 e. The number of piperidine rings is 1. The molecule has 0 radical (unpaired) electrons. The fourth-order valence-corrected chi connectivity index (χ4v) is 4.34. The summed E-state index contributed by atoms with van der Waals surface area (Å²) in [5.41, 5.74) is 2.07. The SMILES string of the molecule is CCOc1ccc(CNC(=O)C2CCCN(C(=O)Cc3cccc4ccccc34)C2)cc1. The average Bonchev–Trinajstić information content (AvgIpc) is 2.84. The van der Waals surface area contributed by atoms with E-state index in [1.165, 1.54) is 0 Å². The molecule has 1 atom stereocenters. The number of benzene rings is 3. The second-order valence-corrected chi connectivity index (χ2v) is 8.29. The molecule has 0 aromatic heterocycles. The van der Waals surface area contributed by atoms with Gasteiger partial charge in [-0.2, -0.15) is 0 Å². The van der Waals surface area contributed by atoms with Gasteiger partial charge >= 0.3 is 0 Å². The van der Waals surface area contributed by atoms with Gasteiger partial charge in [-0.05, 0) is 53.8 Å². The molecule has 1 heterocycles. The third-order valence-corrected chi connectivity index (χ3v) is 6.07. The Morgan fingerprint density at radius 1 is 1.03 bits per heavy atom. The Hall–Kier alpha value is -3.34. The maximum Gasteiger partial charge on any atom is 0.227 e. The Morgan fingerprint density at radius 2 is 1.81 bits per heavy atom. The molecular weight excluding hydrogens is 400 g/mol. The minimum atomic E-state index is -0.164. The molecule has 0 aliphatic carbocycles. The van der Waals surface area contributed by atoms with Crippen molar-refractivity contribution in [1.82, 2.24) is 10.2 Å². The lowest BCUT2D eigenvalue weighted by Gasteiger charge is -2.32. The van der Waals surface area contributed by atoms with Crippen molar-refractivity contribution < 1.29 is 14.3 Å². The van der Waals surface area contributed by atoms with Crippen molar-refractivity contribution in [3.05, 3.63) is 77.9 Å². The lowest BCUT2D eigenvalue weighted by Crippen LogP contribution is -2.45. The molecule has 32 heavy (non-hydrogen) atoms. The summed E-state index contributed by atoms with van der Waals surface area (Å²) >= 11 is 0. The topological polar surface area (TPSA) is 58.6 Å². The third kappa shape index (κ3) is 5.28. The second kappa shape index (κ2) is 10.3. The van der Waals surface area contributed by atoms with Crippen LogP contribution in [0.15, 0.2) is 66.7 Å². The van der Waals surface area contributed by atoms with E-state index in [2.05, 4.69) is 23.5 Å². The third-order valence-electron chi connectivity index (χ3n) is 6.07. The number of likely N-dealkylation sites (tertiary alicyclic amines) is 1. The van der Waals surface area contributed by atoms with E-state index in [4.69, 9.17) is 4.74 Å². The Balaban J connectivity index is 1.33. The molecule has 2 amide bonds. The van der Waals surface area contributed by atoms with Crippen molar-refractivity contribution in [2.24, 2.45) is 5.92 Å². The van der Waals surface area contributed by atoms with Gasteiger partial charge in [0.1, 0.15) is 5.75 Å². The fraction of sp³-hybridized carbons (Fsp3) is 0.333. The van der Waals surface area contributed by atoms with Gasteiger partial charge in [0, 0.05) is 19.6 Å². The maximum atomic E-state index is 13.0. The van der Waals surface area contributed by atoms with E-state index in [0.717, 1.165) is 40.5 Å². The normalized spacial score (nSPS) is 16.0. The Labute approximate surface area is 189 Å². The number of hydrogen-bond acceptors (Lipinski definition) is 3. The molecule has 3 aromatic carbocycles. The van der Waals surface area contributed by atoms with Crippen LogP contribution < -0.4 is 10.1 Å². The maximum absolute atomic E-state index is 13.0. The molecule has 1 fully saturated rings. The van der Waals surface area contributed by atoms with Crippen LogP contribution in [0.2, 0.25) is 0 Å². The number of amides is 2. The van der Waals surface area contributed by atoms with Crippen LogP contribution in [0.1, 0.15) is 30.9 Å². The largest absolute Gasteiger partial charge is 0.494 e. The van der Waals surface area contributed by atoms with Crippen molar-refractivity contribution in [2.75, 3.05) is 19.7 Å². The molecule has 1 aliphatic heterocycles. The second-order valence-electron chi connectivity index (χ2n) is 8.29. The van der Waals surface area contributed by atoms with Gasteiger partial charge < -0.3 is 15.0 Å². The molecule has 5 nitrogen and oxygen atoms in total. The number of hydrogen-bond donors (Lipinski definition) is 1. The molecule has 1 N–H and O–H groups in total. The highest BCUT2D eigenvalue weighted by Crippen LogP contribution is 2.22. The molecule has 1 saturated heterocycles. The zero-order chi connectivity index (χ0) is 22.3. The zero-order valence-corrected chi connectivity index (χ0v) is 18.5. The summed E-state index contributed by atoms with van der Waals surface area (Å²) in [5.74, 6) is 0.769. The molecule has 4 rings (SSSR count). The highest BCUT2D eigenvalue weighted by molar-refractivity contribution is 5.90. The molecule has 3 aromatic rings. The van der Waals surface area contributed by atoms with E-state index in [1.807, 2.05) is 60.4 Å². The van der Waals surface area contributed by atoms with Crippen LogP contribution in [0, 0.1) is 5.92 Å². The van der Waals surface area contributed by atoms with Crippen LogP contribution in [0.25, 0.3) is 10.8 Å². The first-order valence-electron chi connectivity index (χ1n) is 11.4. The summed E-state index contributed by atoms with van der Waals surface area (Å²) in [4.78, 5) is 27.6. The first-order chi connectivity index (χ1) is 15.6. The number of nitrogens with one attached hydrogen (secondary N) is 1. The summed E-state index contributed by atoms with van der Waals surface area (Å²) in [6.45, 7) is 4.26. The standard InChI is InChI=1S/C27H30N2O3/c1-2-32-24-14-12-20(13-15-24)18-28-27(31)23-10-6-16-29(19-23)26(30)17-22-9-5-8-21-7-3-4-11-25(21)22/h3-5,7-9,11-15,23H,2,6,10,16-19H2,1H3,(H,28,31). The van der Waals surface area contributed by atoms with Crippen LogP contribution in [-0.4, -0.2) is 36.4 Å². The number of fused-ring (bicyclic) bond motifs is 1. The van der Waals surface area contributed by atoms with Gasteiger partial charge in [0.15, 0.2) is 0 Å². The Bertz CT molecular complexity index is 1070. The molecule has 1 aliphatic rings. The van der Waals surface area contributed by atoms with E-state index < -0.39 is 0 Å². The molecule has 0 bridgehead atoms. The first kappa shape index (κ1) is 21.9. The van der Waals surface area contributed by atoms with Crippen LogP contribution >= 0.6 is 0 Å². The Kier molecular flexibility index (Phi) is 7.05. The highest BCUT2D eigenvalue weighted by atomic mass is 16.5. The molecule has 166 valence electrons. The van der Waals surface area contributed by atoms with Gasteiger partial charge in [-0.3, -0.25) is 9.59 Å². The molecule has 0 saturated carbocycles. The smallest absolute Gasteiger partial charge is 0.227 e. The molecular formula is C27H30N2O3. The van der Waals surface area contributed by atoms with Crippen molar-refractivity contribution >= 4 is 22.6 Å². The van der Waals surface area contributed by atoms with Gasteiger partial charge in [0.05, 0.1) is 18.9 Å². The predicted molar refractivity (Wildman–Crippen MR) is 126 cm³/mol. The molecule has 1 unspecified atom stereocenters. The lowest BCUT2D eigenvalue weighted by atomic mass is 9.95. The van der Waals surface area contributed by atoms with Gasteiger partial charge in [0.25, 0.3) is 0 Å². The Morgan fingerprint density at radius 3 is 2.62 bits per heavy atom. The quantitative estimate of drug-likeness (QED) is 0.607. The minimum absolute atomic E-state index is 0.0153. The highest BCUT2D eigenvalue weighted by Gasteiger charge is 2.28. The summed E-state index contributed by atoms with van der Waals surface area (Å²) in [6.07, 6.45) is 2.03. The molecule has 5 heteroatoms. The number of carbonyl (C=O) groups excluding carboxylic acids is 2. The zero-order valence-electron chi connectivity index (χ0n) is 18.5. The van der Waals surface area contributed by atoms with E-state index in [1.54, 1.807) is 0 Å². The van der Waals surface area contributed by atoms with Gasteiger partial charge in [-0.15, -0.1) is 0 Å². The summed E-state index contributed by atoms with van der Waals surface area (Å²) in [7, 11) is 0. The monoisotopic (exact) mass is 430 g/mol. The van der Waals surface area contributed by atoms with E-state index in [9.17, 15) is 9.59 Å². The van der Waals surface area contributed by atoms with Gasteiger partial charge in [-0.1, -0.05) is 54.6 Å². The van der Waals surface area contributed by atoms with Gasteiger partial charge in [-0.25, -0.2) is 0 Å². The van der Waals surface area contributed by atoms with Crippen LogP contribution in [0.5, 0.6) is 5.75 Å². The van der Waals surface area contributed by atoms with Crippen molar-refractivity contribution in [3.8, 4) is 5.75 Å². The number of nitrogens with zero attached hydrogens (tertiary/aromatic N) is 1. The summed E-state index contributed by atoms with van der Waals surface area (Å²) in [5, 5.41) is 5.29. The summed E-state index contributed by atoms with van der Waals surface area (Å²) in [6, 6.07) is 22.0. The predicted octanol–water partition coefficient (Wildman–Crippen LogP) is 4.34. The fourth-order valence-electron chi connectivity index (χ4n) is 4.34. The van der Waals surface area contributed by atoms with E-state index in [0.29, 0.717) is 32.7 Å². The number of carbonyl (C=O) groups is 2. The van der Waals surface area contributed by atoms with Crippen LogP contribution in [0.4, 0.5) is 0 Å². The van der Waals surface area contributed by atoms with Gasteiger partial charge in [0.2, 0.25) is 11.8 Å². The van der Waals surface area contributed by atoms with Crippen LogP contribution in [0.3, 0.4) is 0 Å². The van der Waals surface area contributed by atoms with Crippen molar-refractivity contribution in [2.45, 2.75) is 32.7 Å². The number of rotatable bonds is 7. The number of ether oxygens (including phenoxy) is 1. The summed E-state index contributed by atoms with van der Waals surface area (Å²) < 4.78 is 5.46. The first-order valence-corrected chi connectivity index (χ1v) is 11.4. The van der Waals surface area contributed by atoms with Crippen molar-refractivity contribution in [1.29, 1.82) is 0 Å². The molecule has 0 spiro atoms. The van der Waals surface area contributed by atoms with E-state index >= 15 is 0 Å².